The smallest absolute Gasteiger partial charge is 0.113 e. The molecule has 0 aliphatic carbocycles. The van der Waals surface area contributed by atoms with Crippen molar-refractivity contribution >= 4 is 16.7 Å². The second-order valence-corrected chi connectivity index (χ2v) is 6.62. The molecule has 0 amide bonds. The largest absolute Gasteiger partial charge is 0.254 e. The summed E-state index contributed by atoms with van der Waals surface area (Å²) < 4.78 is 1.91. The van der Waals surface area contributed by atoms with Crippen LogP contribution in [0.5, 0.6) is 0 Å². The zero-order valence-electron chi connectivity index (χ0n) is 15.6. The highest BCUT2D eigenvalue weighted by Crippen LogP contribution is 2.26. The van der Waals surface area contributed by atoms with Crippen molar-refractivity contribution in [3.05, 3.63) is 84.2 Å². The monoisotopic (exact) mass is 354 g/mol. The predicted molar refractivity (Wildman–Crippen MR) is 110 cm³/mol. The van der Waals surface area contributed by atoms with Crippen LogP contribution < -0.4 is 0 Å². The van der Waals surface area contributed by atoms with Crippen LogP contribution in [0.2, 0.25) is 0 Å². The van der Waals surface area contributed by atoms with Gasteiger partial charge < -0.3 is 0 Å². The van der Waals surface area contributed by atoms with Crippen molar-refractivity contribution in [3.8, 4) is 11.1 Å². The third kappa shape index (κ3) is 3.38. The van der Waals surface area contributed by atoms with Crippen molar-refractivity contribution in [1.29, 1.82) is 0 Å². The zero-order chi connectivity index (χ0) is 18.6. The van der Waals surface area contributed by atoms with E-state index in [1.807, 2.05) is 53.3 Å². The van der Waals surface area contributed by atoms with Crippen molar-refractivity contribution in [2.45, 2.75) is 26.7 Å². The molecule has 0 bridgehead atoms. The summed E-state index contributed by atoms with van der Waals surface area (Å²) >= 11 is 0. The van der Waals surface area contributed by atoms with Gasteiger partial charge in [-0.15, -0.1) is 5.10 Å². The third-order valence-electron chi connectivity index (χ3n) is 4.63. The number of hydrogen-bond donors (Lipinski definition) is 0. The fourth-order valence-electron chi connectivity index (χ4n) is 3.24. The molecule has 0 N–H and O–H groups in total. The van der Waals surface area contributed by atoms with Crippen molar-refractivity contribution < 1.29 is 0 Å². The Bertz CT molecular complexity index is 1090. The molecule has 0 fully saturated rings. The lowest BCUT2D eigenvalue weighted by Gasteiger charge is -2.12. The van der Waals surface area contributed by atoms with Gasteiger partial charge in [-0.2, -0.15) is 0 Å². The van der Waals surface area contributed by atoms with Gasteiger partial charge in [0.15, 0.2) is 0 Å². The second kappa shape index (κ2) is 7.54. The van der Waals surface area contributed by atoms with E-state index in [-0.39, 0.29) is 0 Å². The summed E-state index contributed by atoms with van der Waals surface area (Å²) in [7, 11) is 0. The van der Waals surface area contributed by atoms with Crippen LogP contribution >= 0.6 is 0 Å². The number of nitrogens with zero attached hydrogens (tertiary/aromatic N) is 4. The lowest BCUT2D eigenvalue weighted by Crippen LogP contribution is -2.05. The molecular formula is C23H22N4. The lowest BCUT2D eigenvalue weighted by atomic mass is 10.0. The topological polar surface area (TPSA) is 43.6 Å². The van der Waals surface area contributed by atoms with Gasteiger partial charge in [0.25, 0.3) is 0 Å². The molecular weight excluding hydrogens is 332 g/mol. The van der Waals surface area contributed by atoms with Crippen LogP contribution in [-0.2, 0) is 0 Å². The van der Waals surface area contributed by atoms with E-state index in [0.717, 1.165) is 46.4 Å². The first-order valence-corrected chi connectivity index (χ1v) is 9.31. The van der Waals surface area contributed by atoms with Gasteiger partial charge in [-0.3, -0.25) is 4.98 Å². The number of aryl methyl sites for hydroxylation is 1. The van der Waals surface area contributed by atoms with Crippen LogP contribution in [-0.4, -0.2) is 20.0 Å². The SMILES string of the molecule is CCC/C=C(\c1ncc(-c2ccccc2)cc1C)n1nnc2ccccc21. The van der Waals surface area contributed by atoms with E-state index in [4.69, 9.17) is 4.98 Å². The minimum absolute atomic E-state index is 0.887. The van der Waals surface area contributed by atoms with Crippen LogP contribution in [0.1, 0.15) is 31.0 Å². The molecule has 0 aliphatic heterocycles. The van der Waals surface area contributed by atoms with E-state index in [9.17, 15) is 0 Å². The van der Waals surface area contributed by atoms with E-state index in [1.165, 1.54) is 5.56 Å². The number of rotatable bonds is 5. The van der Waals surface area contributed by atoms with Crippen LogP contribution in [0.4, 0.5) is 0 Å². The molecule has 2 heterocycles. The molecule has 4 aromatic rings. The average Bonchev–Trinajstić information content (AvgIpc) is 3.14. The second-order valence-electron chi connectivity index (χ2n) is 6.62. The van der Waals surface area contributed by atoms with E-state index >= 15 is 0 Å². The molecule has 2 aromatic carbocycles. The van der Waals surface area contributed by atoms with Crippen LogP contribution in [0.3, 0.4) is 0 Å². The molecule has 134 valence electrons. The number of benzene rings is 2. The Hall–Kier alpha value is -3.27. The zero-order valence-corrected chi connectivity index (χ0v) is 15.6. The van der Waals surface area contributed by atoms with Crippen LogP contribution in [0, 0.1) is 6.92 Å². The lowest BCUT2D eigenvalue weighted by molar-refractivity contribution is 0.826. The Balaban J connectivity index is 1.82. The maximum absolute atomic E-state index is 4.81. The Morgan fingerprint density at radius 1 is 1.00 bits per heavy atom. The summed E-state index contributed by atoms with van der Waals surface area (Å²) in [6, 6.07) is 20.5. The molecule has 0 saturated carbocycles. The van der Waals surface area contributed by atoms with Gasteiger partial charge in [-0.25, -0.2) is 4.68 Å². The summed E-state index contributed by atoms with van der Waals surface area (Å²) in [6.07, 6.45) is 6.18. The number of para-hydroxylation sites is 1. The van der Waals surface area contributed by atoms with E-state index < -0.39 is 0 Å². The van der Waals surface area contributed by atoms with Crippen molar-refractivity contribution in [1.82, 2.24) is 20.0 Å². The Morgan fingerprint density at radius 3 is 2.56 bits per heavy atom. The first-order valence-electron chi connectivity index (χ1n) is 9.31. The quantitative estimate of drug-likeness (QED) is 0.476. The molecule has 0 saturated heterocycles. The van der Waals surface area contributed by atoms with E-state index in [1.54, 1.807) is 0 Å². The number of aromatic nitrogens is 4. The number of unbranched alkanes of at least 4 members (excludes halogenated alkanes) is 1. The molecule has 4 rings (SSSR count). The standard InChI is InChI=1S/C23H22N4/c1-3-4-13-22(27-21-14-9-8-12-20(21)25-26-27)23-17(2)15-19(16-24-23)18-10-6-5-7-11-18/h5-16H,3-4H2,1-2H3/b22-13+. The maximum Gasteiger partial charge on any atom is 0.113 e. The molecule has 0 aliphatic rings. The summed E-state index contributed by atoms with van der Waals surface area (Å²) in [6.45, 7) is 4.28. The first-order chi connectivity index (χ1) is 13.3. The van der Waals surface area contributed by atoms with Gasteiger partial charge in [0, 0.05) is 11.8 Å². The number of fused-ring (bicyclic) bond motifs is 1. The third-order valence-corrected chi connectivity index (χ3v) is 4.63. The molecule has 0 radical (unpaired) electrons. The minimum Gasteiger partial charge on any atom is -0.254 e. The van der Waals surface area contributed by atoms with Gasteiger partial charge in [0.05, 0.1) is 16.9 Å². The highest BCUT2D eigenvalue weighted by molar-refractivity contribution is 5.81. The fraction of sp³-hybridized carbons (Fsp3) is 0.174. The fourth-order valence-corrected chi connectivity index (χ4v) is 3.24. The van der Waals surface area contributed by atoms with Crippen LogP contribution in [0.15, 0.2) is 72.9 Å². The molecule has 27 heavy (non-hydrogen) atoms. The maximum atomic E-state index is 4.81. The number of allylic oxidation sites excluding steroid dienone is 1. The first kappa shape index (κ1) is 17.2. The average molecular weight is 354 g/mol. The minimum atomic E-state index is 0.887. The van der Waals surface area contributed by atoms with Crippen molar-refractivity contribution in [2.24, 2.45) is 0 Å². The van der Waals surface area contributed by atoms with Gasteiger partial charge in [0.1, 0.15) is 5.52 Å². The summed E-state index contributed by atoms with van der Waals surface area (Å²) in [5.41, 5.74) is 7.23. The van der Waals surface area contributed by atoms with Crippen molar-refractivity contribution in [2.75, 3.05) is 0 Å². The van der Waals surface area contributed by atoms with Crippen LogP contribution in [0.25, 0.3) is 27.9 Å². The summed E-state index contributed by atoms with van der Waals surface area (Å²) in [5, 5.41) is 8.72. The van der Waals surface area contributed by atoms with Gasteiger partial charge in [-0.1, -0.05) is 67.1 Å². The normalized spacial score (nSPS) is 11.9. The predicted octanol–water partition coefficient (Wildman–Crippen LogP) is 5.49. The molecule has 0 atom stereocenters. The van der Waals surface area contributed by atoms with E-state index in [0.29, 0.717) is 0 Å². The highest BCUT2D eigenvalue weighted by Gasteiger charge is 2.14. The molecule has 0 unspecified atom stereocenters. The van der Waals surface area contributed by atoms with Gasteiger partial charge >= 0.3 is 0 Å². The Labute approximate surface area is 159 Å². The summed E-state index contributed by atoms with van der Waals surface area (Å²) in [5.74, 6) is 0. The molecule has 0 spiro atoms. The highest BCUT2D eigenvalue weighted by atomic mass is 15.4. The number of pyridine rings is 1. The van der Waals surface area contributed by atoms with Gasteiger partial charge in [-0.05, 0) is 42.7 Å². The Kier molecular flexibility index (Phi) is 4.79. The molecule has 4 heteroatoms. The summed E-state index contributed by atoms with van der Waals surface area (Å²) in [4.78, 5) is 4.81. The molecule has 4 nitrogen and oxygen atoms in total. The Morgan fingerprint density at radius 2 is 1.78 bits per heavy atom. The molecule has 2 aromatic heterocycles. The number of hydrogen-bond acceptors (Lipinski definition) is 3. The van der Waals surface area contributed by atoms with E-state index in [2.05, 4.69) is 48.4 Å². The van der Waals surface area contributed by atoms with Crippen molar-refractivity contribution in [3.63, 3.8) is 0 Å². The van der Waals surface area contributed by atoms with Gasteiger partial charge in [0.2, 0.25) is 0 Å².